The summed E-state index contributed by atoms with van der Waals surface area (Å²) in [5, 5.41) is 17.4. The van der Waals surface area contributed by atoms with Crippen LogP contribution in [-0.2, 0) is 11.2 Å². The fraction of sp³-hybridized carbons (Fsp3) is 0.333. The van der Waals surface area contributed by atoms with Crippen LogP contribution in [0.25, 0.3) is 10.8 Å². The summed E-state index contributed by atoms with van der Waals surface area (Å²) < 4.78 is 19.3. The molecule has 7 nitrogen and oxygen atoms in total. The molecule has 1 aliphatic heterocycles. The number of carboxylic acids is 1. The molecule has 0 aromatic heterocycles. The van der Waals surface area contributed by atoms with Crippen LogP contribution in [0.15, 0.2) is 60.7 Å². The Labute approximate surface area is 216 Å². The van der Waals surface area contributed by atoms with Gasteiger partial charge in [0.25, 0.3) is 5.91 Å². The highest BCUT2D eigenvalue weighted by atomic mass is 35.5. The number of halogens is 2. The smallest absolute Gasteiger partial charge is 0.326 e. The molecule has 1 aliphatic rings. The van der Waals surface area contributed by atoms with Crippen molar-refractivity contribution in [3.05, 3.63) is 77.6 Å². The van der Waals surface area contributed by atoms with Crippen LogP contribution in [0.3, 0.4) is 0 Å². The first-order valence-corrected chi connectivity index (χ1v) is 11.9. The first-order chi connectivity index (χ1) is 17.0. The molecular formula is C27H31ClFN3O4. The minimum Gasteiger partial charge on any atom is -0.494 e. The lowest BCUT2D eigenvalue weighted by Crippen LogP contribution is -2.43. The van der Waals surface area contributed by atoms with Crippen molar-refractivity contribution in [3.63, 3.8) is 0 Å². The summed E-state index contributed by atoms with van der Waals surface area (Å²) in [7, 11) is 0. The number of nitrogens with zero attached hydrogens (tertiary/aromatic N) is 1. The third-order valence-corrected chi connectivity index (χ3v) is 6.10. The number of piperazine rings is 1. The highest BCUT2D eigenvalue weighted by Gasteiger charge is 2.21. The lowest BCUT2D eigenvalue weighted by atomic mass is 10.0. The van der Waals surface area contributed by atoms with E-state index in [0.717, 1.165) is 67.3 Å². The van der Waals surface area contributed by atoms with E-state index in [0.29, 0.717) is 6.61 Å². The zero-order valence-electron chi connectivity index (χ0n) is 19.9. The summed E-state index contributed by atoms with van der Waals surface area (Å²) in [6.07, 6.45) is 1.07. The Morgan fingerprint density at radius 3 is 2.56 bits per heavy atom. The van der Waals surface area contributed by atoms with Crippen LogP contribution >= 0.6 is 12.4 Å². The maximum atomic E-state index is 13.4. The van der Waals surface area contributed by atoms with Gasteiger partial charge in [0.15, 0.2) is 0 Å². The van der Waals surface area contributed by atoms with Crippen molar-refractivity contribution in [2.75, 3.05) is 39.3 Å². The quantitative estimate of drug-likeness (QED) is 0.358. The molecule has 192 valence electrons. The number of fused-ring (bicyclic) bond motifs is 1. The van der Waals surface area contributed by atoms with Crippen molar-refractivity contribution in [2.45, 2.75) is 18.9 Å². The summed E-state index contributed by atoms with van der Waals surface area (Å²) in [6.45, 7) is 5.92. The van der Waals surface area contributed by atoms with Crippen LogP contribution in [0.1, 0.15) is 22.3 Å². The second-order valence-electron chi connectivity index (χ2n) is 8.72. The first-order valence-electron chi connectivity index (χ1n) is 11.9. The molecule has 1 amide bonds. The Morgan fingerprint density at radius 1 is 1.06 bits per heavy atom. The van der Waals surface area contributed by atoms with Gasteiger partial charge in [-0.25, -0.2) is 9.18 Å². The molecule has 3 aromatic rings. The van der Waals surface area contributed by atoms with Gasteiger partial charge in [0, 0.05) is 44.7 Å². The number of hydrogen-bond acceptors (Lipinski definition) is 5. The number of ether oxygens (including phenoxy) is 1. The van der Waals surface area contributed by atoms with E-state index in [1.807, 2.05) is 36.4 Å². The number of carbonyl (C=O) groups is 2. The molecule has 0 radical (unpaired) electrons. The second-order valence-corrected chi connectivity index (χ2v) is 8.72. The second kappa shape index (κ2) is 13.2. The van der Waals surface area contributed by atoms with E-state index < -0.39 is 23.7 Å². The van der Waals surface area contributed by atoms with Gasteiger partial charge in [-0.3, -0.25) is 4.79 Å². The van der Waals surface area contributed by atoms with E-state index >= 15 is 0 Å². The topological polar surface area (TPSA) is 90.9 Å². The third kappa shape index (κ3) is 7.65. The van der Waals surface area contributed by atoms with Crippen LogP contribution in [0.2, 0.25) is 0 Å². The van der Waals surface area contributed by atoms with Gasteiger partial charge in [-0.1, -0.05) is 30.3 Å². The predicted octanol–water partition coefficient (Wildman–Crippen LogP) is 3.50. The zero-order chi connectivity index (χ0) is 24.6. The Hall–Kier alpha value is -3.20. The van der Waals surface area contributed by atoms with E-state index in [2.05, 4.69) is 15.5 Å². The molecule has 4 rings (SSSR count). The monoisotopic (exact) mass is 515 g/mol. The summed E-state index contributed by atoms with van der Waals surface area (Å²) in [5.74, 6) is -1.53. The van der Waals surface area contributed by atoms with Crippen molar-refractivity contribution in [1.82, 2.24) is 15.5 Å². The first kappa shape index (κ1) is 27.4. The van der Waals surface area contributed by atoms with Gasteiger partial charge in [-0.05, 0) is 53.1 Å². The number of aliphatic carboxylic acids is 1. The number of hydrogen-bond donors (Lipinski definition) is 3. The van der Waals surface area contributed by atoms with E-state index in [-0.39, 0.29) is 24.4 Å². The SMILES string of the molecule is Cl.O=C(NC(Cc1ccc2cc(OCCCN3CCNCC3)ccc2c1)C(=O)O)c1cccc(F)c1. The van der Waals surface area contributed by atoms with Crippen LogP contribution in [-0.4, -0.2) is 67.3 Å². The Balaban J connectivity index is 0.00000361. The van der Waals surface area contributed by atoms with E-state index in [1.165, 1.54) is 18.2 Å². The molecule has 0 spiro atoms. The normalized spacial score (nSPS) is 14.6. The van der Waals surface area contributed by atoms with Gasteiger partial charge < -0.3 is 25.4 Å². The number of rotatable bonds is 10. The number of benzene rings is 3. The predicted molar refractivity (Wildman–Crippen MR) is 140 cm³/mol. The van der Waals surface area contributed by atoms with Gasteiger partial charge in [0.1, 0.15) is 17.6 Å². The fourth-order valence-electron chi connectivity index (χ4n) is 4.21. The summed E-state index contributed by atoms with van der Waals surface area (Å²) >= 11 is 0. The number of carboxylic acid groups (broad SMARTS) is 1. The lowest BCUT2D eigenvalue weighted by Gasteiger charge is -2.26. The summed E-state index contributed by atoms with van der Waals surface area (Å²) in [4.78, 5) is 26.6. The zero-order valence-corrected chi connectivity index (χ0v) is 20.7. The standard InChI is InChI=1S/C27H30FN3O4.ClH/c28-23-4-1-3-22(17-23)26(32)30-25(27(33)34)16-19-5-6-21-18-24(8-7-20(21)15-19)35-14-2-11-31-12-9-29-10-13-31;/h1,3-8,15,17-18,25,29H,2,9-14,16H2,(H,30,32)(H,33,34);1H. The minimum atomic E-state index is -1.15. The van der Waals surface area contributed by atoms with E-state index in [4.69, 9.17) is 4.74 Å². The fourth-order valence-corrected chi connectivity index (χ4v) is 4.21. The summed E-state index contributed by atoms with van der Waals surface area (Å²) in [6, 6.07) is 15.5. The summed E-state index contributed by atoms with van der Waals surface area (Å²) in [5.41, 5.74) is 0.851. The molecule has 0 saturated carbocycles. The van der Waals surface area contributed by atoms with Gasteiger partial charge in [0.2, 0.25) is 0 Å². The molecule has 0 bridgehead atoms. The van der Waals surface area contributed by atoms with Crippen LogP contribution in [0, 0.1) is 5.82 Å². The molecule has 0 aliphatic carbocycles. The molecule has 9 heteroatoms. The largest absolute Gasteiger partial charge is 0.494 e. The maximum absolute atomic E-state index is 13.4. The highest BCUT2D eigenvalue weighted by Crippen LogP contribution is 2.23. The average Bonchev–Trinajstić information content (AvgIpc) is 2.86. The maximum Gasteiger partial charge on any atom is 0.326 e. The molecule has 1 unspecified atom stereocenters. The number of carbonyl (C=O) groups excluding carboxylic acids is 1. The molecule has 1 fully saturated rings. The van der Waals surface area contributed by atoms with Crippen molar-refractivity contribution >= 4 is 35.1 Å². The molecule has 1 saturated heterocycles. The number of nitrogens with one attached hydrogen (secondary N) is 2. The van der Waals surface area contributed by atoms with Gasteiger partial charge in [0.05, 0.1) is 6.61 Å². The van der Waals surface area contributed by atoms with Crippen molar-refractivity contribution in [1.29, 1.82) is 0 Å². The highest BCUT2D eigenvalue weighted by molar-refractivity contribution is 5.96. The van der Waals surface area contributed by atoms with Gasteiger partial charge in [-0.2, -0.15) is 0 Å². The Morgan fingerprint density at radius 2 is 1.81 bits per heavy atom. The minimum absolute atomic E-state index is 0. The number of amides is 1. The van der Waals surface area contributed by atoms with Crippen LogP contribution in [0.5, 0.6) is 5.75 Å². The molecule has 3 aromatic carbocycles. The Bertz CT molecular complexity index is 1190. The molecule has 36 heavy (non-hydrogen) atoms. The van der Waals surface area contributed by atoms with Gasteiger partial charge in [-0.15, -0.1) is 12.4 Å². The van der Waals surface area contributed by atoms with Gasteiger partial charge >= 0.3 is 5.97 Å². The van der Waals surface area contributed by atoms with Crippen molar-refractivity contribution < 1.29 is 23.8 Å². The van der Waals surface area contributed by atoms with E-state index in [9.17, 15) is 19.1 Å². The van der Waals surface area contributed by atoms with Crippen molar-refractivity contribution in [2.24, 2.45) is 0 Å². The lowest BCUT2D eigenvalue weighted by molar-refractivity contribution is -0.139. The molecule has 1 atom stereocenters. The molecular weight excluding hydrogens is 485 g/mol. The molecule has 1 heterocycles. The Kier molecular flexibility index (Phi) is 10.0. The van der Waals surface area contributed by atoms with E-state index in [1.54, 1.807) is 0 Å². The molecule has 3 N–H and O–H groups in total. The average molecular weight is 516 g/mol. The van der Waals surface area contributed by atoms with Crippen molar-refractivity contribution in [3.8, 4) is 5.75 Å². The van der Waals surface area contributed by atoms with Crippen LogP contribution < -0.4 is 15.4 Å². The third-order valence-electron chi connectivity index (χ3n) is 6.10. The van der Waals surface area contributed by atoms with Crippen LogP contribution in [0.4, 0.5) is 4.39 Å².